The number of carbonyl (C=O) groups is 1. The summed E-state index contributed by atoms with van der Waals surface area (Å²) >= 11 is 0. The number of carbonyl (C=O) groups excluding carboxylic acids is 1. The lowest BCUT2D eigenvalue weighted by molar-refractivity contribution is 0.0209. The van der Waals surface area contributed by atoms with E-state index in [9.17, 15) is 13.6 Å². The summed E-state index contributed by atoms with van der Waals surface area (Å²) in [6, 6.07) is 5.60. The summed E-state index contributed by atoms with van der Waals surface area (Å²) in [5.41, 5.74) is 1.61. The predicted molar refractivity (Wildman–Crippen MR) is 90.1 cm³/mol. The molecule has 0 aromatic heterocycles. The first-order chi connectivity index (χ1) is 11.5. The second-order valence-corrected chi connectivity index (χ2v) is 8.10. The van der Waals surface area contributed by atoms with E-state index in [1.54, 1.807) is 11.0 Å². The first kappa shape index (κ1) is 18.0. The van der Waals surface area contributed by atoms with Gasteiger partial charge in [0.05, 0.1) is 12.5 Å². The number of alkyl halides is 2. The molecule has 1 saturated carbocycles. The van der Waals surface area contributed by atoms with E-state index >= 15 is 0 Å². The Kier molecular flexibility index (Phi) is 4.41. The molecule has 0 bridgehead atoms. The lowest BCUT2D eigenvalue weighted by Crippen LogP contribution is -2.41. The van der Waals surface area contributed by atoms with Crippen LogP contribution in [0.3, 0.4) is 0 Å². The fraction of sp³-hybridized carbons (Fsp3) is 0.632. The van der Waals surface area contributed by atoms with Crippen LogP contribution in [0.1, 0.15) is 51.2 Å². The largest absolute Gasteiger partial charge is 0.493 e. The molecular formula is C19H25F2NO3. The van der Waals surface area contributed by atoms with Crippen LogP contribution in [-0.4, -0.2) is 35.7 Å². The molecule has 0 spiro atoms. The number of fused-ring (bicyclic) bond motifs is 1. The van der Waals surface area contributed by atoms with Gasteiger partial charge >= 0.3 is 6.09 Å². The minimum Gasteiger partial charge on any atom is -0.493 e. The maximum atomic E-state index is 12.9. The van der Waals surface area contributed by atoms with Crippen LogP contribution >= 0.6 is 0 Å². The Labute approximate surface area is 147 Å². The highest BCUT2D eigenvalue weighted by atomic mass is 19.3. The second kappa shape index (κ2) is 6.15. The van der Waals surface area contributed by atoms with E-state index in [0.717, 1.165) is 11.1 Å². The number of rotatable bonds is 3. The first-order valence-corrected chi connectivity index (χ1v) is 8.66. The summed E-state index contributed by atoms with van der Waals surface area (Å²) in [7, 11) is 0. The van der Waals surface area contributed by atoms with Crippen LogP contribution in [0.15, 0.2) is 18.2 Å². The Morgan fingerprint density at radius 3 is 2.64 bits per heavy atom. The maximum absolute atomic E-state index is 12.9. The molecule has 2 atom stereocenters. The van der Waals surface area contributed by atoms with E-state index in [1.807, 2.05) is 39.8 Å². The van der Waals surface area contributed by atoms with Gasteiger partial charge in [-0.25, -0.2) is 13.6 Å². The summed E-state index contributed by atoms with van der Waals surface area (Å²) < 4.78 is 36.9. The molecule has 2 aliphatic rings. The van der Waals surface area contributed by atoms with Gasteiger partial charge in [0.15, 0.2) is 0 Å². The van der Waals surface area contributed by atoms with Crippen molar-refractivity contribution >= 4 is 6.09 Å². The molecule has 1 fully saturated rings. The predicted octanol–water partition coefficient (Wildman–Crippen LogP) is 4.57. The topological polar surface area (TPSA) is 38.8 Å². The third-order valence-corrected chi connectivity index (χ3v) is 4.56. The molecule has 0 radical (unpaired) electrons. The highest BCUT2D eigenvalue weighted by Gasteiger charge is 2.57. The Balaban J connectivity index is 1.65. The maximum Gasteiger partial charge on any atom is 0.410 e. The quantitative estimate of drug-likeness (QED) is 0.799. The average Bonchev–Trinajstić information content (AvgIpc) is 3.10. The van der Waals surface area contributed by atoms with Gasteiger partial charge in [-0.05, 0) is 49.9 Å². The molecule has 3 rings (SSSR count). The lowest BCUT2D eigenvalue weighted by atomic mass is 9.91. The minimum absolute atomic E-state index is 0.0458. The summed E-state index contributed by atoms with van der Waals surface area (Å²) in [5.74, 6) is -2.49. The first-order valence-electron chi connectivity index (χ1n) is 8.66. The van der Waals surface area contributed by atoms with Gasteiger partial charge in [-0.3, -0.25) is 0 Å². The van der Waals surface area contributed by atoms with Gasteiger partial charge in [0.25, 0.3) is 5.92 Å². The van der Waals surface area contributed by atoms with Crippen molar-refractivity contribution in [2.24, 2.45) is 5.92 Å². The van der Waals surface area contributed by atoms with Crippen LogP contribution in [-0.2, 0) is 11.3 Å². The highest BCUT2D eigenvalue weighted by Crippen LogP contribution is 2.48. The molecular weight excluding hydrogens is 328 g/mol. The van der Waals surface area contributed by atoms with Gasteiger partial charge < -0.3 is 14.4 Å². The zero-order chi connectivity index (χ0) is 18.4. The average molecular weight is 353 g/mol. The number of hydrogen-bond acceptors (Lipinski definition) is 3. The van der Waals surface area contributed by atoms with Gasteiger partial charge in [-0.2, -0.15) is 0 Å². The molecule has 1 amide bonds. The summed E-state index contributed by atoms with van der Waals surface area (Å²) in [4.78, 5) is 14.0. The molecule has 1 aliphatic carbocycles. The fourth-order valence-electron chi connectivity index (χ4n) is 3.08. The zero-order valence-electron chi connectivity index (χ0n) is 15.1. The summed E-state index contributed by atoms with van der Waals surface area (Å²) in [6.45, 7) is 8.66. The van der Waals surface area contributed by atoms with Crippen LogP contribution in [0.4, 0.5) is 13.6 Å². The number of halogens is 2. The molecule has 0 saturated heterocycles. The second-order valence-electron chi connectivity index (χ2n) is 8.10. The molecule has 4 nitrogen and oxygen atoms in total. The number of nitrogens with zero attached hydrogens (tertiary/aromatic N) is 1. The van der Waals surface area contributed by atoms with Crippen molar-refractivity contribution in [3.05, 3.63) is 29.3 Å². The van der Waals surface area contributed by atoms with Crippen LogP contribution < -0.4 is 4.74 Å². The zero-order valence-corrected chi connectivity index (χ0v) is 15.1. The SMILES string of the molecule is C[C@H]1CN(C(=O)OC(C)(C)C)Cc2ccc(OCC3CC3(F)F)cc21. The van der Waals surface area contributed by atoms with Gasteiger partial charge in [-0.1, -0.05) is 13.0 Å². The van der Waals surface area contributed by atoms with Gasteiger partial charge in [0.1, 0.15) is 11.4 Å². The van der Waals surface area contributed by atoms with Gasteiger partial charge in [0, 0.05) is 19.5 Å². The van der Waals surface area contributed by atoms with E-state index in [1.165, 1.54) is 0 Å². The van der Waals surface area contributed by atoms with Crippen LogP contribution in [0.25, 0.3) is 0 Å². The third-order valence-electron chi connectivity index (χ3n) is 4.56. The molecule has 1 aromatic rings. The van der Waals surface area contributed by atoms with E-state index in [4.69, 9.17) is 9.47 Å². The van der Waals surface area contributed by atoms with Crippen molar-refractivity contribution in [1.29, 1.82) is 0 Å². The molecule has 0 N–H and O–H groups in total. The third kappa shape index (κ3) is 4.22. The molecule has 1 unspecified atom stereocenters. The van der Waals surface area contributed by atoms with Crippen LogP contribution in [0.5, 0.6) is 5.75 Å². The van der Waals surface area contributed by atoms with E-state index in [-0.39, 0.29) is 25.0 Å². The van der Waals surface area contributed by atoms with Crippen molar-refractivity contribution in [1.82, 2.24) is 4.90 Å². The van der Waals surface area contributed by atoms with E-state index in [0.29, 0.717) is 18.8 Å². The molecule has 1 aliphatic heterocycles. The Bertz CT molecular complexity index is 669. The molecule has 25 heavy (non-hydrogen) atoms. The summed E-state index contributed by atoms with van der Waals surface area (Å²) in [5, 5.41) is 0. The Morgan fingerprint density at radius 1 is 1.36 bits per heavy atom. The number of benzene rings is 1. The van der Waals surface area contributed by atoms with Crippen molar-refractivity contribution in [2.45, 2.75) is 58.1 Å². The van der Waals surface area contributed by atoms with Crippen molar-refractivity contribution < 1.29 is 23.0 Å². The monoisotopic (exact) mass is 353 g/mol. The Morgan fingerprint density at radius 2 is 2.04 bits per heavy atom. The van der Waals surface area contributed by atoms with Gasteiger partial charge in [0.2, 0.25) is 0 Å². The standard InChI is InChI=1S/C19H25F2NO3/c1-12-9-22(17(23)25-18(2,3)4)10-13-5-6-15(7-16(12)13)24-11-14-8-19(14,20)21/h5-7,12,14H,8-11H2,1-4H3/t12-,14?/m0/s1. The molecule has 6 heteroatoms. The van der Waals surface area contributed by atoms with E-state index < -0.39 is 17.4 Å². The fourth-order valence-corrected chi connectivity index (χ4v) is 3.08. The number of ether oxygens (including phenoxy) is 2. The van der Waals surface area contributed by atoms with Crippen LogP contribution in [0.2, 0.25) is 0 Å². The van der Waals surface area contributed by atoms with Crippen molar-refractivity contribution in [3.8, 4) is 5.75 Å². The van der Waals surface area contributed by atoms with Crippen molar-refractivity contribution in [2.75, 3.05) is 13.2 Å². The van der Waals surface area contributed by atoms with Gasteiger partial charge in [-0.15, -0.1) is 0 Å². The number of amides is 1. The molecule has 138 valence electrons. The normalized spacial score (nSPS) is 24.5. The van der Waals surface area contributed by atoms with Crippen LogP contribution in [0, 0.1) is 5.92 Å². The molecule has 1 aromatic carbocycles. The highest BCUT2D eigenvalue weighted by molar-refractivity contribution is 5.69. The summed E-state index contributed by atoms with van der Waals surface area (Å²) in [6.07, 6.45) is -0.402. The number of hydrogen-bond donors (Lipinski definition) is 0. The Hall–Kier alpha value is -1.85. The lowest BCUT2D eigenvalue weighted by Gasteiger charge is -2.34. The smallest absolute Gasteiger partial charge is 0.410 e. The van der Waals surface area contributed by atoms with E-state index in [2.05, 4.69) is 0 Å². The van der Waals surface area contributed by atoms with Crippen molar-refractivity contribution in [3.63, 3.8) is 0 Å². The molecule has 1 heterocycles. The minimum atomic E-state index is -2.56.